The van der Waals surface area contributed by atoms with Crippen LogP contribution >= 0.6 is 11.3 Å². The van der Waals surface area contributed by atoms with Crippen molar-refractivity contribution in [1.29, 1.82) is 0 Å². The quantitative estimate of drug-likeness (QED) is 0.415. The molecule has 0 atom stereocenters. The Kier molecular flexibility index (Phi) is 4.57. The van der Waals surface area contributed by atoms with E-state index in [0.29, 0.717) is 11.0 Å². The van der Waals surface area contributed by atoms with E-state index in [-0.39, 0.29) is 26.1 Å². The predicted octanol–water partition coefficient (Wildman–Crippen LogP) is 4.25. The molecule has 3 aromatic heterocycles. The summed E-state index contributed by atoms with van der Waals surface area (Å²) in [4.78, 5) is 9.15. The Morgan fingerprint density at radius 3 is 2.42 bits per heavy atom. The van der Waals surface area contributed by atoms with Crippen LogP contribution in [0.1, 0.15) is 11.1 Å². The lowest BCUT2D eigenvalue weighted by atomic mass is 10.1. The summed E-state index contributed by atoms with van der Waals surface area (Å²) >= 11 is 1.13. The summed E-state index contributed by atoms with van der Waals surface area (Å²) in [5.74, 6) is -0.0245. The number of fused-ring (bicyclic) bond motifs is 2. The number of hydrogen-bond donors (Lipinski definition) is 1. The fourth-order valence-electron chi connectivity index (χ4n) is 3.37. The van der Waals surface area contributed by atoms with Gasteiger partial charge in [0.15, 0.2) is 5.65 Å². The van der Waals surface area contributed by atoms with E-state index in [4.69, 9.17) is 5.73 Å². The van der Waals surface area contributed by atoms with E-state index >= 15 is 0 Å². The molecule has 7 nitrogen and oxygen atoms in total. The molecule has 0 aliphatic heterocycles. The van der Waals surface area contributed by atoms with Crippen molar-refractivity contribution in [3.05, 3.63) is 77.2 Å². The summed E-state index contributed by atoms with van der Waals surface area (Å²) in [6.45, 7) is 1.97. The number of para-hydroxylation sites is 2. The first-order valence-electron chi connectivity index (χ1n) is 9.42. The molecule has 0 saturated carbocycles. The van der Waals surface area contributed by atoms with Crippen molar-refractivity contribution in [1.82, 2.24) is 14.6 Å². The second-order valence-electron chi connectivity index (χ2n) is 6.95. The Balaban J connectivity index is 1.82. The Labute approximate surface area is 182 Å². The number of rotatable bonds is 4. The van der Waals surface area contributed by atoms with Crippen LogP contribution in [0.5, 0.6) is 0 Å². The van der Waals surface area contributed by atoms with Crippen LogP contribution in [0.15, 0.2) is 80.2 Å². The van der Waals surface area contributed by atoms with E-state index in [1.165, 1.54) is 4.68 Å². The molecular weight excluding hydrogens is 430 g/mol. The highest BCUT2D eigenvalue weighted by Gasteiger charge is 2.31. The molecule has 0 aliphatic carbocycles. The first kappa shape index (κ1) is 19.4. The number of aryl methyl sites for hydroxylation is 1. The van der Waals surface area contributed by atoms with Gasteiger partial charge in [0.2, 0.25) is 9.84 Å². The Hall–Kier alpha value is -3.56. The summed E-state index contributed by atoms with van der Waals surface area (Å²) in [5.41, 5.74) is 9.98. The van der Waals surface area contributed by atoms with Crippen LogP contribution in [0.3, 0.4) is 0 Å². The molecule has 0 bridgehead atoms. The van der Waals surface area contributed by atoms with E-state index in [9.17, 15) is 8.42 Å². The number of anilines is 1. The number of sulfone groups is 1. The van der Waals surface area contributed by atoms with Crippen molar-refractivity contribution in [3.63, 3.8) is 0 Å². The average molecular weight is 448 g/mol. The monoisotopic (exact) mass is 447 g/mol. The third-order valence-corrected chi connectivity index (χ3v) is 8.17. The molecule has 0 amide bonds. The van der Waals surface area contributed by atoms with Gasteiger partial charge in [-0.05, 0) is 41.6 Å². The number of aromatic nitrogens is 3. The van der Waals surface area contributed by atoms with Crippen LogP contribution in [-0.2, 0) is 9.84 Å². The lowest BCUT2D eigenvalue weighted by Gasteiger charge is -2.03. The number of nitrogen functional groups attached to an aromatic ring is 1. The number of thiophene rings is 1. The highest BCUT2D eigenvalue weighted by molar-refractivity contribution is 7.93. The van der Waals surface area contributed by atoms with Gasteiger partial charge in [-0.15, -0.1) is 11.3 Å². The zero-order chi connectivity index (χ0) is 21.6. The number of nitrogens with two attached hydrogens (primary N) is 1. The number of hydrogen-bond acceptors (Lipinski definition) is 7. The van der Waals surface area contributed by atoms with Crippen LogP contribution in [0.2, 0.25) is 0 Å². The predicted molar refractivity (Wildman–Crippen MR) is 123 cm³/mol. The molecule has 0 fully saturated rings. The summed E-state index contributed by atoms with van der Waals surface area (Å²) in [7, 11) is -3.90. The minimum Gasteiger partial charge on any atom is -0.382 e. The Morgan fingerprint density at radius 1 is 1.00 bits per heavy atom. The molecule has 9 heteroatoms. The van der Waals surface area contributed by atoms with E-state index < -0.39 is 9.84 Å². The molecule has 0 unspecified atom stereocenters. The third-order valence-electron chi connectivity index (χ3n) is 4.96. The number of nitrogens with zero attached hydrogens (tertiary/aromatic N) is 4. The van der Waals surface area contributed by atoms with E-state index in [1.807, 2.05) is 49.4 Å². The zero-order valence-electron chi connectivity index (χ0n) is 16.4. The van der Waals surface area contributed by atoms with Crippen LogP contribution in [0, 0.1) is 6.92 Å². The highest BCUT2D eigenvalue weighted by Crippen LogP contribution is 2.36. The van der Waals surface area contributed by atoms with Gasteiger partial charge in [-0.2, -0.15) is 9.78 Å². The molecule has 3 heterocycles. The SMILES string of the molecule is Cc1ccccc1/C=N/n1c(N)c(S(=O)(=O)c2cccs2)c2nc3ccccc3nc21. The van der Waals surface area contributed by atoms with Gasteiger partial charge in [-0.25, -0.2) is 18.4 Å². The molecule has 5 aromatic rings. The maximum Gasteiger partial charge on any atom is 0.221 e. The van der Waals surface area contributed by atoms with E-state index in [2.05, 4.69) is 15.1 Å². The van der Waals surface area contributed by atoms with Crippen molar-refractivity contribution in [2.75, 3.05) is 5.73 Å². The molecule has 0 saturated heterocycles. The number of benzene rings is 2. The minimum absolute atomic E-state index is 0.0245. The second kappa shape index (κ2) is 7.29. The molecule has 0 aliphatic rings. The molecule has 31 heavy (non-hydrogen) atoms. The lowest BCUT2D eigenvalue weighted by Crippen LogP contribution is -2.05. The van der Waals surface area contributed by atoms with Crippen molar-refractivity contribution in [3.8, 4) is 0 Å². The van der Waals surface area contributed by atoms with Crippen molar-refractivity contribution >= 4 is 55.4 Å². The fraction of sp³-hybridized carbons (Fsp3) is 0.0455. The normalized spacial score (nSPS) is 12.3. The van der Waals surface area contributed by atoms with Gasteiger partial charge in [0.25, 0.3) is 0 Å². The maximum absolute atomic E-state index is 13.4. The first-order valence-corrected chi connectivity index (χ1v) is 11.8. The van der Waals surface area contributed by atoms with Gasteiger partial charge in [0.05, 0.1) is 17.2 Å². The highest BCUT2D eigenvalue weighted by atomic mass is 32.2. The maximum atomic E-state index is 13.4. The van der Waals surface area contributed by atoms with Crippen LogP contribution in [0.25, 0.3) is 22.2 Å². The van der Waals surface area contributed by atoms with Gasteiger partial charge in [0.1, 0.15) is 20.4 Å². The Bertz CT molecular complexity index is 1570. The molecule has 0 spiro atoms. The first-order chi connectivity index (χ1) is 15.0. The topological polar surface area (TPSA) is 103 Å². The minimum atomic E-state index is -3.90. The molecular formula is C22H17N5O2S2. The van der Waals surface area contributed by atoms with E-state index in [1.54, 1.807) is 29.8 Å². The molecule has 2 N–H and O–H groups in total. The summed E-state index contributed by atoms with van der Waals surface area (Å²) in [5, 5.41) is 6.20. The van der Waals surface area contributed by atoms with Gasteiger partial charge in [-0.1, -0.05) is 42.5 Å². The van der Waals surface area contributed by atoms with Gasteiger partial charge < -0.3 is 5.73 Å². The lowest BCUT2D eigenvalue weighted by molar-refractivity contribution is 0.599. The zero-order valence-corrected chi connectivity index (χ0v) is 18.1. The van der Waals surface area contributed by atoms with Crippen molar-refractivity contribution in [2.45, 2.75) is 16.0 Å². The molecule has 5 rings (SSSR count). The van der Waals surface area contributed by atoms with Gasteiger partial charge >= 0.3 is 0 Å². The smallest absolute Gasteiger partial charge is 0.221 e. The van der Waals surface area contributed by atoms with Crippen LogP contribution in [-0.4, -0.2) is 29.3 Å². The third kappa shape index (κ3) is 3.18. The van der Waals surface area contributed by atoms with Crippen LogP contribution < -0.4 is 5.73 Å². The standard InChI is InChI=1S/C22H17N5O2S2/c1-14-7-2-3-8-15(14)13-24-27-21(23)20(31(28,29)18-11-6-12-30-18)19-22(27)26-17-10-5-4-9-16(17)25-19/h2-13H,23H2,1H3/b24-13+. The summed E-state index contributed by atoms with van der Waals surface area (Å²) in [6, 6.07) is 18.2. The van der Waals surface area contributed by atoms with Crippen molar-refractivity contribution < 1.29 is 8.42 Å². The van der Waals surface area contributed by atoms with Gasteiger partial charge in [-0.3, -0.25) is 0 Å². The Morgan fingerprint density at radius 2 is 1.71 bits per heavy atom. The van der Waals surface area contributed by atoms with Crippen molar-refractivity contribution in [2.24, 2.45) is 5.10 Å². The molecule has 0 radical (unpaired) electrons. The average Bonchev–Trinajstić information content (AvgIpc) is 3.39. The van der Waals surface area contributed by atoms with Gasteiger partial charge in [0, 0.05) is 0 Å². The summed E-state index contributed by atoms with van der Waals surface area (Å²) < 4.78 is 28.3. The van der Waals surface area contributed by atoms with Crippen LogP contribution in [0.4, 0.5) is 5.82 Å². The molecule has 154 valence electrons. The van der Waals surface area contributed by atoms with E-state index in [0.717, 1.165) is 22.5 Å². The fourth-order valence-corrected chi connectivity index (χ4v) is 5.96. The summed E-state index contributed by atoms with van der Waals surface area (Å²) in [6.07, 6.45) is 1.64. The molecule has 2 aromatic carbocycles. The second-order valence-corrected chi connectivity index (χ2v) is 10.0. The largest absolute Gasteiger partial charge is 0.382 e.